The molecule has 0 unspecified atom stereocenters. The van der Waals surface area contributed by atoms with Crippen LogP contribution in [0.2, 0.25) is 0 Å². The normalized spacial score (nSPS) is 25.9. The van der Waals surface area contributed by atoms with Crippen LogP contribution in [0, 0.1) is 5.92 Å². The van der Waals surface area contributed by atoms with Gasteiger partial charge in [0.1, 0.15) is 6.29 Å². The second-order valence-corrected chi connectivity index (χ2v) is 8.25. The average molecular weight is 401 g/mol. The molecule has 0 atom stereocenters. The summed E-state index contributed by atoms with van der Waals surface area (Å²) in [6.45, 7) is 7.73. The summed E-state index contributed by atoms with van der Waals surface area (Å²) in [5, 5.41) is 0. The van der Waals surface area contributed by atoms with Crippen molar-refractivity contribution in [3.8, 4) is 0 Å². The van der Waals surface area contributed by atoms with Crippen molar-refractivity contribution in [2.75, 3.05) is 0 Å². The van der Waals surface area contributed by atoms with Gasteiger partial charge in [-0.1, -0.05) is 65.7 Å². The molecular weight excluding hydrogens is 356 g/mol. The van der Waals surface area contributed by atoms with Gasteiger partial charge in [0.05, 0.1) is 0 Å². The molecule has 3 aliphatic rings. The van der Waals surface area contributed by atoms with Gasteiger partial charge in [-0.25, -0.2) is 0 Å². The molecule has 5 nitrogen and oxygen atoms in total. The molecule has 2 spiro atoms. The summed E-state index contributed by atoms with van der Waals surface area (Å²) < 4.78 is 0. The van der Waals surface area contributed by atoms with E-state index in [0.717, 1.165) is 63.6 Å². The van der Waals surface area contributed by atoms with E-state index in [-0.39, 0.29) is 0 Å². The van der Waals surface area contributed by atoms with Gasteiger partial charge in [0, 0.05) is 25.7 Å². The summed E-state index contributed by atoms with van der Waals surface area (Å²) in [6.07, 6.45) is 17.9. The summed E-state index contributed by atoms with van der Waals surface area (Å²) in [5.74, 6) is -0.584. The molecule has 1 saturated heterocycles. The fraction of sp³-hybridized carbons (Fsp3) is 0.957. The molecule has 2 saturated carbocycles. The Kier molecular flexibility index (Phi) is 13.2. The standard InChI is InChI=1S/C19H34O4.C2H4O.C2H6/c1-17-11-15-19(16-12-17)22-20-18(21-23-19)13-9-7-5-3-2-4-6-8-10-14-18;1-2-3;1-2/h17H,2-16H2,1H3;2H,1H3;1-2H3. The Labute approximate surface area is 172 Å². The zero-order valence-electron chi connectivity index (χ0n) is 18.8. The molecule has 3 rings (SSSR count). The van der Waals surface area contributed by atoms with Gasteiger partial charge >= 0.3 is 0 Å². The van der Waals surface area contributed by atoms with Crippen LogP contribution in [0.3, 0.4) is 0 Å². The van der Waals surface area contributed by atoms with Gasteiger partial charge in [0.2, 0.25) is 11.6 Å². The van der Waals surface area contributed by atoms with Gasteiger partial charge in [-0.2, -0.15) is 19.6 Å². The first-order valence-electron chi connectivity index (χ1n) is 11.8. The second-order valence-electron chi connectivity index (χ2n) is 8.25. The molecule has 5 heteroatoms. The van der Waals surface area contributed by atoms with E-state index in [1.54, 1.807) is 0 Å². The van der Waals surface area contributed by atoms with Crippen molar-refractivity contribution >= 4 is 6.29 Å². The first-order chi connectivity index (χ1) is 13.6. The molecule has 0 aromatic heterocycles. The molecule has 2 aliphatic carbocycles. The second kappa shape index (κ2) is 14.5. The molecule has 28 heavy (non-hydrogen) atoms. The number of hydrogen-bond acceptors (Lipinski definition) is 5. The lowest BCUT2D eigenvalue weighted by molar-refractivity contribution is -0.661. The molecule has 0 aromatic carbocycles. The summed E-state index contributed by atoms with van der Waals surface area (Å²) in [5.41, 5.74) is 0. The number of carbonyl (C=O) groups is 1. The van der Waals surface area contributed by atoms with Crippen LogP contribution in [0.4, 0.5) is 0 Å². The highest BCUT2D eigenvalue weighted by molar-refractivity contribution is 5.44. The van der Waals surface area contributed by atoms with Crippen LogP contribution >= 0.6 is 0 Å². The number of hydrogen-bond donors (Lipinski definition) is 0. The Hall–Kier alpha value is -0.490. The maximum atomic E-state index is 8.81. The fourth-order valence-corrected chi connectivity index (χ4v) is 4.02. The van der Waals surface area contributed by atoms with Crippen molar-refractivity contribution in [3.63, 3.8) is 0 Å². The Balaban J connectivity index is 0.000000717. The molecule has 0 radical (unpaired) electrons. The van der Waals surface area contributed by atoms with Crippen LogP contribution < -0.4 is 0 Å². The van der Waals surface area contributed by atoms with Crippen LogP contribution in [0.5, 0.6) is 0 Å². The third kappa shape index (κ3) is 8.89. The molecule has 0 amide bonds. The van der Waals surface area contributed by atoms with Gasteiger partial charge in [-0.15, -0.1) is 0 Å². The Morgan fingerprint density at radius 3 is 1.29 bits per heavy atom. The van der Waals surface area contributed by atoms with Crippen molar-refractivity contribution < 1.29 is 24.3 Å². The maximum absolute atomic E-state index is 8.81. The quantitative estimate of drug-likeness (QED) is 0.322. The van der Waals surface area contributed by atoms with Crippen molar-refractivity contribution in [1.82, 2.24) is 0 Å². The van der Waals surface area contributed by atoms with Crippen molar-refractivity contribution in [2.24, 2.45) is 5.92 Å². The molecule has 3 fully saturated rings. The first kappa shape index (κ1) is 25.5. The zero-order valence-corrected chi connectivity index (χ0v) is 18.8. The van der Waals surface area contributed by atoms with E-state index in [1.807, 2.05) is 13.8 Å². The van der Waals surface area contributed by atoms with E-state index in [9.17, 15) is 0 Å². The predicted molar refractivity (Wildman–Crippen MR) is 111 cm³/mol. The summed E-state index contributed by atoms with van der Waals surface area (Å²) in [6, 6.07) is 0. The third-order valence-corrected chi connectivity index (χ3v) is 5.84. The van der Waals surface area contributed by atoms with Gasteiger partial charge < -0.3 is 4.79 Å². The van der Waals surface area contributed by atoms with E-state index < -0.39 is 11.6 Å². The minimum Gasteiger partial charge on any atom is -0.304 e. The average Bonchev–Trinajstić information content (AvgIpc) is 2.71. The molecule has 166 valence electrons. The van der Waals surface area contributed by atoms with Gasteiger partial charge in [0.25, 0.3) is 0 Å². The van der Waals surface area contributed by atoms with Crippen LogP contribution in [-0.4, -0.2) is 17.9 Å². The lowest BCUT2D eigenvalue weighted by atomic mass is 9.86. The topological polar surface area (TPSA) is 54.0 Å². The largest absolute Gasteiger partial charge is 0.304 e. The number of aldehydes is 1. The van der Waals surface area contributed by atoms with Crippen molar-refractivity contribution in [3.05, 3.63) is 0 Å². The number of carbonyl (C=O) groups excluding carboxylic acids is 1. The summed E-state index contributed by atoms with van der Waals surface area (Å²) in [7, 11) is 0. The van der Waals surface area contributed by atoms with Crippen LogP contribution in [-0.2, 0) is 24.3 Å². The van der Waals surface area contributed by atoms with Crippen LogP contribution in [0.15, 0.2) is 0 Å². The summed E-state index contributed by atoms with van der Waals surface area (Å²) >= 11 is 0. The lowest BCUT2D eigenvalue weighted by Gasteiger charge is -2.45. The molecule has 0 N–H and O–H groups in total. The molecule has 0 aromatic rings. The van der Waals surface area contributed by atoms with Crippen LogP contribution in [0.25, 0.3) is 0 Å². The minimum atomic E-state index is -0.673. The Bertz CT molecular complexity index is 366. The van der Waals surface area contributed by atoms with E-state index >= 15 is 0 Å². The van der Waals surface area contributed by atoms with Crippen molar-refractivity contribution in [2.45, 2.75) is 136 Å². The van der Waals surface area contributed by atoms with Crippen LogP contribution in [0.1, 0.15) is 124 Å². The Morgan fingerprint density at radius 2 is 0.929 bits per heavy atom. The highest BCUT2D eigenvalue weighted by atomic mass is 17.4. The smallest absolute Gasteiger partial charge is 0.234 e. The van der Waals surface area contributed by atoms with Crippen molar-refractivity contribution in [1.29, 1.82) is 0 Å². The van der Waals surface area contributed by atoms with E-state index in [4.69, 9.17) is 24.3 Å². The molecule has 1 heterocycles. The molecule has 1 aliphatic heterocycles. The third-order valence-electron chi connectivity index (χ3n) is 5.84. The van der Waals surface area contributed by atoms with E-state index in [2.05, 4.69) is 6.92 Å². The fourth-order valence-electron chi connectivity index (χ4n) is 4.02. The van der Waals surface area contributed by atoms with E-state index in [0.29, 0.717) is 0 Å². The molecular formula is C23H44O5. The lowest BCUT2D eigenvalue weighted by Crippen LogP contribution is -2.52. The van der Waals surface area contributed by atoms with Gasteiger partial charge in [0.15, 0.2) is 0 Å². The highest BCUT2D eigenvalue weighted by Crippen LogP contribution is 2.43. The highest BCUT2D eigenvalue weighted by Gasteiger charge is 2.49. The maximum Gasteiger partial charge on any atom is 0.234 e. The van der Waals surface area contributed by atoms with Gasteiger partial charge in [-0.3, -0.25) is 0 Å². The monoisotopic (exact) mass is 400 g/mol. The van der Waals surface area contributed by atoms with Gasteiger partial charge in [-0.05, 0) is 38.5 Å². The SMILES string of the molecule is CC.CC1CCC2(CC1)OOC1(CCCCCCCCCCC1)OO2.CC=O. The predicted octanol–water partition coefficient (Wildman–Crippen LogP) is 7.04. The Morgan fingerprint density at radius 1 is 0.643 bits per heavy atom. The molecule has 0 bridgehead atoms. The summed E-state index contributed by atoms with van der Waals surface area (Å²) in [4.78, 5) is 32.2. The minimum absolute atomic E-state index is 0.651. The first-order valence-corrected chi connectivity index (χ1v) is 11.8. The van der Waals surface area contributed by atoms with E-state index in [1.165, 1.54) is 51.9 Å². The number of rotatable bonds is 0. The zero-order chi connectivity index (χ0) is 20.7.